The van der Waals surface area contributed by atoms with Gasteiger partial charge in [-0.05, 0) is 36.1 Å². The molecule has 0 aliphatic rings. The number of imidazole rings is 1. The monoisotopic (exact) mass is 381 g/mol. The fraction of sp³-hybridized carbons (Fsp3) is 0.364. The molecule has 0 aliphatic carbocycles. The van der Waals surface area contributed by atoms with Gasteiger partial charge in [-0.1, -0.05) is 56.3 Å². The largest absolute Gasteiger partial charge is 0.346 e. The van der Waals surface area contributed by atoms with Crippen molar-refractivity contribution in [3.8, 4) is 0 Å². The number of carbonyl (C=O) groups excluding carboxylic acids is 1. The number of hydrogen-bond donors (Lipinski definition) is 1. The lowest BCUT2D eigenvalue weighted by Crippen LogP contribution is -2.34. The Morgan fingerprint density at radius 3 is 2.52 bits per heavy atom. The second-order valence-electron chi connectivity index (χ2n) is 7.03. The van der Waals surface area contributed by atoms with Crippen molar-refractivity contribution in [2.24, 2.45) is 5.92 Å². The molecule has 1 atom stereocenters. The summed E-state index contributed by atoms with van der Waals surface area (Å²) >= 11 is 1.79. The van der Waals surface area contributed by atoms with Crippen LogP contribution in [0.25, 0.3) is 11.0 Å². The van der Waals surface area contributed by atoms with Crippen molar-refractivity contribution >= 4 is 28.7 Å². The Kier molecular flexibility index (Phi) is 6.56. The number of benzene rings is 2. The van der Waals surface area contributed by atoms with E-state index in [0.29, 0.717) is 0 Å². The van der Waals surface area contributed by atoms with Crippen LogP contribution in [0.3, 0.4) is 0 Å². The van der Waals surface area contributed by atoms with Gasteiger partial charge in [0.15, 0.2) is 0 Å². The van der Waals surface area contributed by atoms with Crippen molar-refractivity contribution in [1.82, 2.24) is 14.9 Å². The zero-order valence-electron chi connectivity index (χ0n) is 16.2. The fourth-order valence-corrected chi connectivity index (χ4v) is 3.60. The van der Waals surface area contributed by atoms with E-state index in [1.807, 2.05) is 38.1 Å². The normalized spacial score (nSPS) is 12.4. The molecule has 1 N–H and O–H groups in total. The highest BCUT2D eigenvalue weighted by molar-refractivity contribution is 7.98. The van der Waals surface area contributed by atoms with Crippen LogP contribution in [0.4, 0.5) is 0 Å². The maximum atomic E-state index is 12.4. The highest BCUT2D eigenvalue weighted by Gasteiger charge is 2.23. The summed E-state index contributed by atoms with van der Waals surface area (Å²) in [6.45, 7) is 4.59. The molecular weight excluding hydrogens is 354 g/mol. The summed E-state index contributed by atoms with van der Waals surface area (Å²) < 4.78 is 2.25. The van der Waals surface area contributed by atoms with Crippen LogP contribution in [0.1, 0.15) is 37.7 Å². The molecule has 1 heterocycles. The fourth-order valence-electron chi connectivity index (χ4n) is 3.13. The summed E-state index contributed by atoms with van der Waals surface area (Å²) in [5.41, 5.74) is 3.29. The smallest absolute Gasteiger partial charge is 0.223 e. The minimum Gasteiger partial charge on any atom is -0.346 e. The number of fused-ring (bicyclic) bond motifs is 1. The molecule has 3 rings (SSSR count). The molecular formula is C22H27N3OS. The number of nitrogens with zero attached hydrogens (tertiary/aromatic N) is 2. The number of amides is 1. The second kappa shape index (κ2) is 9.09. The SMILES string of the molecule is CSCCC(NC(=O)C(C)C)c1nc2ccccc2n1Cc1ccccc1. The van der Waals surface area contributed by atoms with Gasteiger partial charge in [-0.15, -0.1) is 0 Å². The molecule has 2 aromatic carbocycles. The minimum atomic E-state index is -0.0940. The van der Waals surface area contributed by atoms with Crippen molar-refractivity contribution in [3.05, 3.63) is 66.0 Å². The average Bonchev–Trinajstić information content (AvgIpc) is 3.04. The van der Waals surface area contributed by atoms with E-state index in [4.69, 9.17) is 4.98 Å². The van der Waals surface area contributed by atoms with Gasteiger partial charge in [-0.25, -0.2) is 4.98 Å². The van der Waals surface area contributed by atoms with Gasteiger partial charge in [-0.3, -0.25) is 4.79 Å². The highest BCUT2D eigenvalue weighted by Crippen LogP contribution is 2.25. The molecule has 4 nitrogen and oxygen atoms in total. The second-order valence-corrected chi connectivity index (χ2v) is 8.01. The molecule has 1 amide bonds. The number of carbonyl (C=O) groups is 1. The van der Waals surface area contributed by atoms with E-state index in [0.717, 1.165) is 35.6 Å². The Labute approximate surface area is 165 Å². The van der Waals surface area contributed by atoms with E-state index in [2.05, 4.69) is 46.5 Å². The maximum Gasteiger partial charge on any atom is 0.223 e. The molecule has 0 saturated heterocycles. The molecule has 1 unspecified atom stereocenters. The summed E-state index contributed by atoms with van der Waals surface area (Å²) in [4.78, 5) is 17.3. The maximum absolute atomic E-state index is 12.4. The average molecular weight is 382 g/mol. The molecule has 0 spiro atoms. The third-order valence-corrected chi connectivity index (χ3v) is 5.27. The molecule has 0 bridgehead atoms. The van der Waals surface area contributed by atoms with Crippen molar-refractivity contribution in [2.45, 2.75) is 32.9 Å². The van der Waals surface area contributed by atoms with Gasteiger partial charge in [-0.2, -0.15) is 11.8 Å². The molecule has 1 aromatic heterocycles. The van der Waals surface area contributed by atoms with Gasteiger partial charge in [0, 0.05) is 12.5 Å². The van der Waals surface area contributed by atoms with E-state index in [1.54, 1.807) is 11.8 Å². The molecule has 3 aromatic rings. The first kappa shape index (κ1) is 19.5. The van der Waals surface area contributed by atoms with Gasteiger partial charge >= 0.3 is 0 Å². The van der Waals surface area contributed by atoms with Crippen LogP contribution < -0.4 is 5.32 Å². The van der Waals surface area contributed by atoms with Crippen LogP contribution in [0, 0.1) is 5.92 Å². The van der Waals surface area contributed by atoms with Crippen LogP contribution >= 0.6 is 11.8 Å². The van der Waals surface area contributed by atoms with Gasteiger partial charge in [0.2, 0.25) is 5.91 Å². The highest BCUT2D eigenvalue weighted by atomic mass is 32.2. The number of hydrogen-bond acceptors (Lipinski definition) is 3. The first-order valence-electron chi connectivity index (χ1n) is 9.38. The number of aromatic nitrogens is 2. The molecule has 27 heavy (non-hydrogen) atoms. The zero-order valence-corrected chi connectivity index (χ0v) is 17.0. The molecule has 0 fully saturated rings. The predicted octanol–water partition coefficient (Wildman–Crippen LogP) is 4.65. The Morgan fingerprint density at radius 1 is 1.11 bits per heavy atom. The first-order valence-corrected chi connectivity index (χ1v) is 10.8. The zero-order chi connectivity index (χ0) is 19.2. The number of thioether (sulfide) groups is 1. The number of para-hydroxylation sites is 2. The van der Waals surface area contributed by atoms with Gasteiger partial charge in [0.05, 0.1) is 17.1 Å². The molecule has 0 radical (unpaired) electrons. The van der Waals surface area contributed by atoms with E-state index < -0.39 is 0 Å². The molecule has 0 aliphatic heterocycles. The Balaban J connectivity index is 2.03. The van der Waals surface area contributed by atoms with Crippen LogP contribution in [-0.2, 0) is 11.3 Å². The molecule has 5 heteroatoms. The third kappa shape index (κ3) is 4.72. The Hall–Kier alpha value is -2.27. The number of rotatable bonds is 8. The summed E-state index contributed by atoms with van der Waals surface area (Å²) in [5, 5.41) is 3.22. The van der Waals surface area contributed by atoms with E-state index >= 15 is 0 Å². The van der Waals surface area contributed by atoms with Crippen LogP contribution in [-0.4, -0.2) is 27.5 Å². The summed E-state index contributed by atoms with van der Waals surface area (Å²) in [7, 11) is 0. The van der Waals surface area contributed by atoms with Gasteiger partial charge in [0.1, 0.15) is 5.82 Å². The summed E-state index contributed by atoms with van der Waals surface area (Å²) in [6, 6.07) is 18.5. The summed E-state index contributed by atoms with van der Waals surface area (Å²) in [6.07, 6.45) is 2.95. The summed E-state index contributed by atoms with van der Waals surface area (Å²) in [5.74, 6) is 1.92. The van der Waals surface area contributed by atoms with Crippen LogP contribution in [0.15, 0.2) is 54.6 Å². The lowest BCUT2D eigenvalue weighted by Gasteiger charge is -2.21. The van der Waals surface area contributed by atoms with Gasteiger partial charge < -0.3 is 9.88 Å². The van der Waals surface area contributed by atoms with Crippen LogP contribution in [0.2, 0.25) is 0 Å². The number of nitrogens with one attached hydrogen (secondary N) is 1. The standard InChI is InChI=1S/C22H27N3OS/c1-16(2)22(26)24-19(13-14-27-3)21-23-18-11-7-8-12-20(18)25(21)15-17-9-5-4-6-10-17/h4-12,16,19H,13-15H2,1-3H3,(H,24,26). The van der Waals surface area contributed by atoms with Crippen molar-refractivity contribution in [1.29, 1.82) is 0 Å². The van der Waals surface area contributed by atoms with E-state index in [-0.39, 0.29) is 17.9 Å². The Morgan fingerprint density at radius 2 is 1.81 bits per heavy atom. The van der Waals surface area contributed by atoms with E-state index in [1.165, 1.54) is 5.56 Å². The van der Waals surface area contributed by atoms with E-state index in [9.17, 15) is 4.79 Å². The van der Waals surface area contributed by atoms with Crippen molar-refractivity contribution < 1.29 is 4.79 Å². The lowest BCUT2D eigenvalue weighted by atomic mass is 10.1. The molecule has 142 valence electrons. The van der Waals surface area contributed by atoms with Crippen molar-refractivity contribution in [2.75, 3.05) is 12.0 Å². The minimum absolute atomic E-state index is 0.0475. The Bertz CT molecular complexity index is 889. The molecule has 0 saturated carbocycles. The lowest BCUT2D eigenvalue weighted by molar-refractivity contribution is -0.124. The van der Waals surface area contributed by atoms with Crippen LogP contribution in [0.5, 0.6) is 0 Å². The first-order chi connectivity index (χ1) is 13.1. The topological polar surface area (TPSA) is 46.9 Å². The van der Waals surface area contributed by atoms with Crippen molar-refractivity contribution in [3.63, 3.8) is 0 Å². The van der Waals surface area contributed by atoms with Gasteiger partial charge in [0.25, 0.3) is 0 Å². The third-order valence-electron chi connectivity index (χ3n) is 4.63. The quantitative estimate of drug-likeness (QED) is 0.618. The predicted molar refractivity (Wildman–Crippen MR) is 114 cm³/mol.